The van der Waals surface area contributed by atoms with Gasteiger partial charge in [0.15, 0.2) is 0 Å². The number of nitrogens with zero attached hydrogens (tertiary/aromatic N) is 1. The summed E-state index contributed by atoms with van der Waals surface area (Å²) in [6, 6.07) is 5.40. The van der Waals surface area contributed by atoms with Crippen molar-refractivity contribution < 1.29 is 10.2 Å². The molecule has 1 aromatic heterocycles. The number of nitrogens with one attached hydrogen (secondary N) is 1. The summed E-state index contributed by atoms with van der Waals surface area (Å²) in [5, 5.41) is 27.2. The largest absolute Gasteiger partial charge is 0.389 e. The fourth-order valence-electron chi connectivity index (χ4n) is 1.70. The Kier molecular flexibility index (Phi) is 2.91. The summed E-state index contributed by atoms with van der Waals surface area (Å²) in [6.07, 6.45) is -1.91. The first-order valence-corrected chi connectivity index (χ1v) is 5.14. The van der Waals surface area contributed by atoms with Gasteiger partial charge in [0.2, 0.25) is 0 Å². The van der Waals surface area contributed by atoms with Crippen LogP contribution in [-0.2, 0) is 0 Å². The molecule has 0 aliphatic rings. The standard InChI is InChI=1S/C11H15N3O2/c1-6-8-3-2-7(4-9(8)14-13-6)11(16)10(15)5-12/h2-4,10-11,15-16H,5,12H2,1H3,(H,13,14). The fourth-order valence-corrected chi connectivity index (χ4v) is 1.70. The van der Waals surface area contributed by atoms with Crippen LogP contribution in [0.4, 0.5) is 0 Å². The highest BCUT2D eigenvalue weighted by molar-refractivity contribution is 5.81. The Bertz CT molecular complexity index is 495. The maximum absolute atomic E-state index is 9.79. The lowest BCUT2D eigenvalue weighted by Crippen LogP contribution is -2.27. The predicted molar refractivity (Wildman–Crippen MR) is 60.9 cm³/mol. The minimum atomic E-state index is -0.966. The van der Waals surface area contributed by atoms with E-state index in [-0.39, 0.29) is 6.54 Å². The van der Waals surface area contributed by atoms with E-state index < -0.39 is 12.2 Å². The van der Waals surface area contributed by atoms with E-state index in [0.717, 1.165) is 16.6 Å². The van der Waals surface area contributed by atoms with Gasteiger partial charge in [-0.15, -0.1) is 0 Å². The molecule has 0 aliphatic heterocycles. The number of benzene rings is 1. The molecular formula is C11H15N3O2. The van der Waals surface area contributed by atoms with Gasteiger partial charge < -0.3 is 15.9 Å². The molecule has 1 heterocycles. The van der Waals surface area contributed by atoms with Gasteiger partial charge in [0.1, 0.15) is 6.10 Å². The van der Waals surface area contributed by atoms with Gasteiger partial charge in [0.05, 0.1) is 11.6 Å². The molecule has 1 aromatic carbocycles. The SMILES string of the molecule is Cc1[nH]nc2cc(C(O)C(O)CN)ccc12. The van der Waals surface area contributed by atoms with Gasteiger partial charge in [0.25, 0.3) is 0 Å². The van der Waals surface area contributed by atoms with Crippen LogP contribution in [-0.4, -0.2) is 33.1 Å². The summed E-state index contributed by atoms with van der Waals surface area (Å²) in [4.78, 5) is 0. The molecule has 0 amide bonds. The molecule has 5 heteroatoms. The molecule has 2 unspecified atom stereocenters. The number of aromatic nitrogens is 2. The number of aliphatic hydroxyl groups excluding tert-OH is 2. The van der Waals surface area contributed by atoms with E-state index in [9.17, 15) is 10.2 Å². The molecule has 86 valence electrons. The maximum atomic E-state index is 9.79. The second-order valence-corrected chi connectivity index (χ2v) is 3.87. The zero-order chi connectivity index (χ0) is 11.7. The lowest BCUT2D eigenvalue weighted by atomic mass is 10.0. The Morgan fingerprint density at radius 1 is 1.44 bits per heavy atom. The minimum Gasteiger partial charge on any atom is -0.389 e. The lowest BCUT2D eigenvalue weighted by molar-refractivity contribution is 0.0244. The maximum Gasteiger partial charge on any atom is 0.106 e. The third-order valence-electron chi connectivity index (χ3n) is 2.72. The zero-order valence-electron chi connectivity index (χ0n) is 9.01. The number of aryl methyl sites for hydroxylation is 1. The molecule has 0 aliphatic carbocycles. The van der Waals surface area contributed by atoms with E-state index in [2.05, 4.69) is 10.2 Å². The molecule has 0 fully saturated rings. The van der Waals surface area contributed by atoms with Crippen LogP contribution < -0.4 is 5.73 Å². The van der Waals surface area contributed by atoms with Crippen LogP contribution in [0.5, 0.6) is 0 Å². The number of rotatable bonds is 3. The van der Waals surface area contributed by atoms with Crippen LogP contribution in [0.25, 0.3) is 10.9 Å². The highest BCUT2D eigenvalue weighted by Gasteiger charge is 2.17. The number of aromatic amines is 1. The molecule has 2 atom stereocenters. The van der Waals surface area contributed by atoms with Crippen LogP contribution in [0.1, 0.15) is 17.4 Å². The van der Waals surface area contributed by atoms with Crippen molar-refractivity contribution in [2.75, 3.05) is 6.54 Å². The second kappa shape index (κ2) is 4.21. The van der Waals surface area contributed by atoms with E-state index in [4.69, 9.17) is 5.73 Å². The van der Waals surface area contributed by atoms with Crippen molar-refractivity contribution in [1.82, 2.24) is 10.2 Å². The van der Waals surface area contributed by atoms with Gasteiger partial charge in [-0.2, -0.15) is 5.10 Å². The Morgan fingerprint density at radius 3 is 2.88 bits per heavy atom. The molecule has 5 nitrogen and oxygen atoms in total. The molecule has 16 heavy (non-hydrogen) atoms. The van der Waals surface area contributed by atoms with Gasteiger partial charge in [-0.25, -0.2) is 0 Å². The monoisotopic (exact) mass is 221 g/mol. The van der Waals surface area contributed by atoms with Crippen molar-refractivity contribution in [3.63, 3.8) is 0 Å². The van der Waals surface area contributed by atoms with Crippen LogP contribution in [0, 0.1) is 6.92 Å². The smallest absolute Gasteiger partial charge is 0.106 e. The second-order valence-electron chi connectivity index (χ2n) is 3.87. The summed E-state index contributed by atoms with van der Waals surface area (Å²) in [6.45, 7) is 1.96. The summed E-state index contributed by atoms with van der Waals surface area (Å²) >= 11 is 0. The van der Waals surface area contributed by atoms with Crippen molar-refractivity contribution in [3.05, 3.63) is 29.5 Å². The average molecular weight is 221 g/mol. The summed E-state index contributed by atoms with van der Waals surface area (Å²) in [5.74, 6) is 0. The van der Waals surface area contributed by atoms with E-state index in [1.807, 2.05) is 13.0 Å². The molecular weight excluding hydrogens is 206 g/mol. The number of fused-ring (bicyclic) bond motifs is 1. The van der Waals surface area contributed by atoms with Crippen molar-refractivity contribution in [2.45, 2.75) is 19.1 Å². The van der Waals surface area contributed by atoms with Crippen LogP contribution >= 0.6 is 0 Å². The lowest BCUT2D eigenvalue weighted by Gasteiger charge is -2.16. The molecule has 2 rings (SSSR count). The van der Waals surface area contributed by atoms with Crippen molar-refractivity contribution in [3.8, 4) is 0 Å². The van der Waals surface area contributed by atoms with Crippen LogP contribution in [0.15, 0.2) is 18.2 Å². The van der Waals surface area contributed by atoms with Gasteiger partial charge in [-0.3, -0.25) is 5.10 Å². The summed E-state index contributed by atoms with van der Waals surface area (Å²) in [5.41, 5.74) is 7.68. The Morgan fingerprint density at radius 2 is 2.19 bits per heavy atom. The molecule has 0 radical (unpaired) electrons. The molecule has 2 aromatic rings. The van der Waals surface area contributed by atoms with Crippen molar-refractivity contribution in [2.24, 2.45) is 5.73 Å². The van der Waals surface area contributed by atoms with Gasteiger partial charge in [-0.1, -0.05) is 12.1 Å². The third kappa shape index (κ3) is 1.80. The van der Waals surface area contributed by atoms with Crippen LogP contribution in [0.2, 0.25) is 0 Å². The first-order valence-electron chi connectivity index (χ1n) is 5.14. The molecule has 5 N–H and O–H groups in total. The topological polar surface area (TPSA) is 95.2 Å². The first kappa shape index (κ1) is 11.1. The third-order valence-corrected chi connectivity index (χ3v) is 2.72. The first-order chi connectivity index (χ1) is 7.63. The van der Waals surface area contributed by atoms with E-state index in [1.54, 1.807) is 12.1 Å². The van der Waals surface area contributed by atoms with E-state index in [0.29, 0.717) is 5.56 Å². The highest BCUT2D eigenvalue weighted by atomic mass is 16.3. The van der Waals surface area contributed by atoms with Gasteiger partial charge in [-0.05, 0) is 18.6 Å². The summed E-state index contributed by atoms with van der Waals surface area (Å²) in [7, 11) is 0. The predicted octanol–water partition coefficient (Wildman–Crippen LogP) is 0.224. The van der Waals surface area contributed by atoms with Crippen molar-refractivity contribution in [1.29, 1.82) is 0 Å². The molecule has 0 saturated carbocycles. The van der Waals surface area contributed by atoms with Gasteiger partial charge >= 0.3 is 0 Å². The molecule has 0 bridgehead atoms. The Balaban J connectivity index is 2.39. The Labute approximate surface area is 92.9 Å². The zero-order valence-corrected chi connectivity index (χ0v) is 9.01. The minimum absolute atomic E-state index is 0.0266. The van der Waals surface area contributed by atoms with Crippen molar-refractivity contribution >= 4 is 10.9 Å². The van der Waals surface area contributed by atoms with E-state index in [1.165, 1.54) is 0 Å². The van der Waals surface area contributed by atoms with Crippen LogP contribution in [0.3, 0.4) is 0 Å². The number of hydrogen-bond acceptors (Lipinski definition) is 4. The number of hydrogen-bond donors (Lipinski definition) is 4. The average Bonchev–Trinajstić information content (AvgIpc) is 2.68. The van der Waals surface area contributed by atoms with E-state index >= 15 is 0 Å². The number of H-pyrrole nitrogens is 1. The number of nitrogens with two attached hydrogens (primary N) is 1. The Hall–Kier alpha value is -1.43. The quantitative estimate of drug-likeness (QED) is 0.596. The molecule has 0 saturated heterocycles. The number of aliphatic hydroxyl groups is 2. The van der Waals surface area contributed by atoms with Gasteiger partial charge in [0, 0.05) is 17.6 Å². The highest BCUT2D eigenvalue weighted by Crippen LogP contribution is 2.22. The summed E-state index contributed by atoms with van der Waals surface area (Å²) < 4.78 is 0. The normalized spacial score (nSPS) is 15.2. The fraction of sp³-hybridized carbons (Fsp3) is 0.364. The molecule has 0 spiro atoms.